The van der Waals surface area contributed by atoms with E-state index < -0.39 is 0 Å². The number of benzene rings is 1. The molecule has 1 atom stereocenters. The maximum atomic E-state index is 5.18. The van der Waals surface area contributed by atoms with E-state index in [2.05, 4.69) is 57.7 Å². The summed E-state index contributed by atoms with van der Waals surface area (Å²) >= 11 is 0. The van der Waals surface area contributed by atoms with Crippen LogP contribution in [0.5, 0.6) is 0 Å². The average molecular weight is 416 g/mol. The minimum absolute atomic E-state index is 0.519. The second-order valence-corrected chi connectivity index (χ2v) is 8.58. The number of guanidine groups is 1. The quantitative estimate of drug-likeness (QED) is 0.350. The van der Waals surface area contributed by atoms with Crippen LogP contribution >= 0.6 is 0 Å². The van der Waals surface area contributed by atoms with Crippen LogP contribution in [0.4, 0.5) is 0 Å². The van der Waals surface area contributed by atoms with Gasteiger partial charge in [0, 0.05) is 58.5 Å². The van der Waals surface area contributed by atoms with Crippen LogP contribution in [0.3, 0.4) is 0 Å². The molecular formula is C24H41N5O. The van der Waals surface area contributed by atoms with Gasteiger partial charge in [-0.1, -0.05) is 30.3 Å². The molecule has 30 heavy (non-hydrogen) atoms. The van der Waals surface area contributed by atoms with Gasteiger partial charge in [0.25, 0.3) is 0 Å². The highest BCUT2D eigenvalue weighted by Crippen LogP contribution is 2.20. The molecule has 0 aliphatic carbocycles. The Morgan fingerprint density at radius 3 is 2.67 bits per heavy atom. The fourth-order valence-electron chi connectivity index (χ4n) is 4.57. The lowest BCUT2D eigenvalue weighted by Crippen LogP contribution is -2.49. The van der Waals surface area contributed by atoms with Gasteiger partial charge in [-0.15, -0.1) is 0 Å². The summed E-state index contributed by atoms with van der Waals surface area (Å²) in [6.07, 6.45) is 6.01. The van der Waals surface area contributed by atoms with E-state index in [9.17, 15) is 0 Å². The van der Waals surface area contributed by atoms with Crippen molar-refractivity contribution in [2.45, 2.75) is 57.7 Å². The van der Waals surface area contributed by atoms with E-state index in [4.69, 9.17) is 9.73 Å². The molecular weight excluding hydrogens is 374 g/mol. The highest BCUT2D eigenvalue weighted by atomic mass is 16.5. The molecule has 0 radical (unpaired) electrons. The molecule has 3 rings (SSSR count). The lowest BCUT2D eigenvalue weighted by Gasteiger charge is -2.33. The summed E-state index contributed by atoms with van der Waals surface area (Å²) in [5.41, 5.74) is 1.40. The molecule has 2 aliphatic heterocycles. The molecule has 2 N–H and O–H groups in total. The van der Waals surface area contributed by atoms with Crippen LogP contribution in [0.25, 0.3) is 0 Å². The van der Waals surface area contributed by atoms with Crippen LogP contribution in [0.15, 0.2) is 35.3 Å². The van der Waals surface area contributed by atoms with E-state index in [-0.39, 0.29) is 0 Å². The van der Waals surface area contributed by atoms with Crippen molar-refractivity contribution >= 4 is 5.96 Å². The fraction of sp³-hybridized carbons (Fsp3) is 0.708. The Hall–Kier alpha value is -1.63. The first-order valence-electron chi connectivity index (χ1n) is 11.8. The Labute approximate surface area is 183 Å². The Bertz CT molecular complexity index is 615. The lowest BCUT2D eigenvalue weighted by atomic mass is 10.1. The van der Waals surface area contributed by atoms with E-state index in [1.54, 1.807) is 7.11 Å². The molecule has 0 amide bonds. The fourth-order valence-corrected chi connectivity index (χ4v) is 4.57. The van der Waals surface area contributed by atoms with E-state index in [1.165, 1.54) is 37.8 Å². The summed E-state index contributed by atoms with van der Waals surface area (Å²) in [5, 5.41) is 7.16. The first-order valence-corrected chi connectivity index (χ1v) is 11.8. The van der Waals surface area contributed by atoms with Crippen LogP contribution in [-0.4, -0.2) is 80.8 Å². The SMILES string of the molecule is CCNC(=NCC1CCCN1Cc1ccccc1)NC1CCN(CCCOC)CC1. The number of hydrogen-bond donors (Lipinski definition) is 2. The molecule has 0 saturated carbocycles. The van der Waals surface area contributed by atoms with E-state index >= 15 is 0 Å². The molecule has 0 aromatic heterocycles. The van der Waals surface area contributed by atoms with Gasteiger partial charge in [-0.2, -0.15) is 0 Å². The number of ether oxygens (including phenoxy) is 1. The topological polar surface area (TPSA) is 52.1 Å². The number of methoxy groups -OCH3 is 1. The summed E-state index contributed by atoms with van der Waals surface area (Å²) in [5.74, 6) is 0.988. The molecule has 2 heterocycles. The molecule has 2 aliphatic rings. The number of hydrogen-bond acceptors (Lipinski definition) is 4. The lowest BCUT2D eigenvalue weighted by molar-refractivity contribution is 0.155. The number of likely N-dealkylation sites (tertiary alicyclic amines) is 2. The van der Waals surface area contributed by atoms with Crippen LogP contribution in [0.1, 0.15) is 44.6 Å². The first-order chi connectivity index (χ1) is 14.8. The molecule has 6 heteroatoms. The summed E-state index contributed by atoms with van der Waals surface area (Å²) in [6, 6.07) is 11.9. The third kappa shape index (κ3) is 7.56. The van der Waals surface area contributed by atoms with E-state index in [0.29, 0.717) is 12.1 Å². The molecule has 1 unspecified atom stereocenters. The largest absolute Gasteiger partial charge is 0.385 e. The van der Waals surface area contributed by atoms with E-state index in [0.717, 1.165) is 58.3 Å². The van der Waals surface area contributed by atoms with Gasteiger partial charge in [-0.05, 0) is 51.1 Å². The summed E-state index contributed by atoms with van der Waals surface area (Å²) in [4.78, 5) is 10.1. The van der Waals surface area contributed by atoms with Gasteiger partial charge in [-0.25, -0.2) is 0 Å². The summed E-state index contributed by atoms with van der Waals surface area (Å²) in [7, 11) is 1.78. The van der Waals surface area contributed by atoms with E-state index in [1.807, 2.05) is 0 Å². The van der Waals surface area contributed by atoms with Gasteiger partial charge >= 0.3 is 0 Å². The smallest absolute Gasteiger partial charge is 0.191 e. The highest BCUT2D eigenvalue weighted by Gasteiger charge is 2.25. The monoisotopic (exact) mass is 415 g/mol. The maximum absolute atomic E-state index is 5.18. The van der Waals surface area contributed by atoms with Gasteiger partial charge in [0.1, 0.15) is 0 Å². The van der Waals surface area contributed by atoms with Gasteiger partial charge in [-0.3, -0.25) is 9.89 Å². The minimum Gasteiger partial charge on any atom is -0.385 e. The van der Waals surface area contributed by atoms with Gasteiger partial charge < -0.3 is 20.3 Å². The summed E-state index contributed by atoms with van der Waals surface area (Å²) < 4.78 is 5.18. The summed E-state index contributed by atoms with van der Waals surface area (Å²) in [6.45, 7) is 10.5. The van der Waals surface area contributed by atoms with Crippen molar-refractivity contribution < 1.29 is 4.74 Å². The van der Waals surface area contributed by atoms with Gasteiger partial charge in [0.2, 0.25) is 0 Å². The van der Waals surface area contributed by atoms with Crippen molar-refractivity contribution in [1.29, 1.82) is 0 Å². The zero-order chi connectivity index (χ0) is 21.0. The normalized spacial score (nSPS) is 21.8. The molecule has 0 spiro atoms. The third-order valence-corrected chi connectivity index (χ3v) is 6.28. The molecule has 1 aromatic rings. The number of rotatable bonds is 10. The third-order valence-electron chi connectivity index (χ3n) is 6.28. The average Bonchev–Trinajstić information content (AvgIpc) is 3.21. The Kier molecular flexibility index (Phi) is 9.93. The number of nitrogens with one attached hydrogen (secondary N) is 2. The first kappa shape index (κ1) is 23.0. The highest BCUT2D eigenvalue weighted by molar-refractivity contribution is 5.80. The van der Waals surface area contributed by atoms with Crippen LogP contribution in [0, 0.1) is 0 Å². The molecule has 6 nitrogen and oxygen atoms in total. The Balaban J connectivity index is 1.46. The predicted molar refractivity (Wildman–Crippen MR) is 125 cm³/mol. The number of aliphatic imine (C=N–C) groups is 1. The van der Waals surface area contributed by atoms with Crippen molar-refractivity contribution in [3.8, 4) is 0 Å². The minimum atomic E-state index is 0.519. The van der Waals surface area contributed by atoms with Crippen molar-refractivity contribution in [3.05, 3.63) is 35.9 Å². The standard InChI is InChI=1S/C24H41N5O/c1-3-25-24(27-22-12-16-28(17-13-22)14-8-18-30-2)26-19-23-11-7-15-29(23)20-21-9-5-4-6-10-21/h4-6,9-10,22-23H,3,7-8,11-20H2,1-2H3,(H2,25,26,27). The Morgan fingerprint density at radius 2 is 1.93 bits per heavy atom. The maximum Gasteiger partial charge on any atom is 0.191 e. The predicted octanol–water partition coefficient (Wildman–Crippen LogP) is 2.71. The zero-order valence-electron chi connectivity index (χ0n) is 19.0. The molecule has 2 fully saturated rings. The van der Waals surface area contributed by atoms with Gasteiger partial charge in [0.15, 0.2) is 5.96 Å². The van der Waals surface area contributed by atoms with Crippen LogP contribution < -0.4 is 10.6 Å². The van der Waals surface area contributed by atoms with Crippen LogP contribution in [0.2, 0.25) is 0 Å². The van der Waals surface area contributed by atoms with Crippen molar-refractivity contribution in [1.82, 2.24) is 20.4 Å². The van der Waals surface area contributed by atoms with Crippen molar-refractivity contribution in [2.75, 3.05) is 53.0 Å². The molecule has 1 aromatic carbocycles. The Morgan fingerprint density at radius 1 is 1.13 bits per heavy atom. The molecule has 168 valence electrons. The van der Waals surface area contributed by atoms with Crippen molar-refractivity contribution in [2.24, 2.45) is 4.99 Å². The second-order valence-electron chi connectivity index (χ2n) is 8.58. The molecule has 2 saturated heterocycles. The van der Waals surface area contributed by atoms with Gasteiger partial charge in [0.05, 0.1) is 6.54 Å². The zero-order valence-corrected chi connectivity index (χ0v) is 19.0. The molecule has 0 bridgehead atoms. The second kappa shape index (κ2) is 12.9. The number of nitrogens with zero attached hydrogens (tertiary/aromatic N) is 3. The number of piperidine rings is 1. The van der Waals surface area contributed by atoms with Crippen molar-refractivity contribution in [3.63, 3.8) is 0 Å². The van der Waals surface area contributed by atoms with Crippen LogP contribution in [-0.2, 0) is 11.3 Å².